The molecule has 0 radical (unpaired) electrons. The third-order valence-corrected chi connectivity index (χ3v) is 6.39. The fourth-order valence-electron chi connectivity index (χ4n) is 3.22. The van der Waals surface area contributed by atoms with Gasteiger partial charge in [-0.1, -0.05) is 37.0 Å². The first-order valence-electron chi connectivity index (χ1n) is 9.18. The largest absolute Gasteiger partial charge is 0.493 e. The number of amides is 2. The molecule has 0 unspecified atom stereocenters. The summed E-state index contributed by atoms with van der Waals surface area (Å²) in [6, 6.07) is 5.42. The molecule has 0 N–H and O–H groups in total. The van der Waals surface area contributed by atoms with Gasteiger partial charge in [-0.2, -0.15) is 0 Å². The maximum Gasteiger partial charge on any atom is 0.266 e. The monoisotopic (exact) mass is 420 g/mol. The number of methoxy groups -OCH3 is 2. The minimum atomic E-state index is -0.233. The number of carbonyl (C=O) groups is 2. The van der Waals surface area contributed by atoms with Crippen molar-refractivity contribution in [2.45, 2.75) is 19.8 Å². The molecule has 28 heavy (non-hydrogen) atoms. The molecular weight excluding hydrogens is 396 g/mol. The predicted octanol–water partition coefficient (Wildman–Crippen LogP) is 3.16. The number of thioether (sulfide) groups is 1. The highest BCUT2D eigenvalue weighted by molar-refractivity contribution is 8.26. The minimum Gasteiger partial charge on any atom is -0.493 e. The average Bonchev–Trinajstić information content (AvgIpc) is 2.95. The molecule has 1 aromatic rings. The molecule has 3 rings (SSSR count). The van der Waals surface area contributed by atoms with Crippen LogP contribution in [0, 0.1) is 5.92 Å². The van der Waals surface area contributed by atoms with Crippen LogP contribution in [0.25, 0.3) is 6.08 Å². The van der Waals surface area contributed by atoms with Crippen LogP contribution in [-0.4, -0.2) is 59.8 Å². The summed E-state index contributed by atoms with van der Waals surface area (Å²) in [4.78, 5) is 29.1. The van der Waals surface area contributed by atoms with Crippen molar-refractivity contribution in [1.29, 1.82) is 0 Å². The van der Waals surface area contributed by atoms with Gasteiger partial charge in [0.15, 0.2) is 11.5 Å². The molecule has 0 aromatic heterocycles. The first-order chi connectivity index (χ1) is 13.4. The zero-order valence-electron chi connectivity index (χ0n) is 16.3. The summed E-state index contributed by atoms with van der Waals surface area (Å²) in [7, 11) is 3.14. The normalized spacial score (nSPS) is 19.5. The van der Waals surface area contributed by atoms with Gasteiger partial charge >= 0.3 is 0 Å². The van der Waals surface area contributed by atoms with E-state index in [0.717, 1.165) is 31.5 Å². The van der Waals surface area contributed by atoms with Gasteiger partial charge in [0.05, 0.1) is 19.1 Å². The quantitative estimate of drug-likeness (QED) is 0.539. The van der Waals surface area contributed by atoms with E-state index < -0.39 is 0 Å². The number of nitrogens with zero attached hydrogens (tertiary/aromatic N) is 2. The van der Waals surface area contributed by atoms with E-state index in [1.54, 1.807) is 32.4 Å². The molecular formula is C20H24N2O4S2. The van der Waals surface area contributed by atoms with Crippen LogP contribution in [0.5, 0.6) is 11.5 Å². The first kappa shape index (κ1) is 20.7. The molecule has 0 atom stereocenters. The third-order valence-electron chi connectivity index (χ3n) is 5.01. The van der Waals surface area contributed by atoms with E-state index in [1.807, 2.05) is 11.0 Å². The summed E-state index contributed by atoms with van der Waals surface area (Å²) >= 11 is 6.56. The first-order valence-corrected chi connectivity index (χ1v) is 10.4. The molecule has 6 nitrogen and oxygen atoms in total. The minimum absolute atomic E-state index is 0.00230. The number of likely N-dealkylation sites (tertiary alicyclic amines) is 1. The lowest BCUT2D eigenvalue weighted by molar-refractivity contribution is -0.136. The van der Waals surface area contributed by atoms with Gasteiger partial charge in [-0.15, -0.1) is 0 Å². The number of hydrogen-bond acceptors (Lipinski definition) is 6. The summed E-state index contributed by atoms with van der Waals surface area (Å²) in [5.74, 6) is 1.57. The van der Waals surface area contributed by atoms with Gasteiger partial charge in [-0.05, 0) is 42.5 Å². The lowest BCUT2D eigenvalue weighted by Crippen LogP contribution is -2.45. The third kappa shape index (κ3) is 4.50. The van der Waals surface area contributed by atoms with Crippen molar-refractivity contribution in [1.82, 2.24) is 9.80 Å². The van der Waals surface area contributed by atoms with Crippen molar-refractivity contribution >= 4 is 46.2 Å². The highest BCUT2D eigenvalue weighted by atomic mass is 32.2. The summed E-state index contributed by atoms with van der Waals surface area (Å²) in [5.41, 5.74) is 0.800. The molecule has 2 heterocycles. The van der Waals surface area contributed by atoms with Gasteiger partial charge in [0.2, 0.25) is 5.91 Å². The molecule has 2 saturated heterocycles. The number of ether oxygens (including phenoxy) is 2. The molecule has 2 aliphatic rings. The molecule has 0 bridgehead atoms. The van der Waals surface area contributed by atoms with E-state index in [-0.39, 0.29) is 18.4 Å². The van der Waals surface area contributed by atoms with Gasteiger partial charge in [-0.3, -0.25) is 14.5 Å². The van der Waals surface area contributed by atoms with Crippen molar-refractivity contribution in [2.24, 2.45) is 5.92 Å². The van der Waals surface area contributed by atoms with E-state index >= 15 is 0 Å². The number of benzene rings is 1. The Hall–Kier alpha value is -2.06. The molecule has 0 saturated carbocycles. The van der Waals surface area contributed by atoms with Crippen LogP contribution in [0.3, 0.4) is 0 Å². The van der Waals surface area contributed by atoms with E-state index in [9.17, 15) is 9.59 Å². The van der Waals surface area contributed by atoms with Crippen LogP contribution in [0.1, 0.15) is 25.3 Å². The Kier molecular flexibility index (Phi) is 6.61. The molecule has 8 heteroatoms. The Morgan fingerprint density at radius 1 is 1.25 bits per heavy atom. The molecule has 0 aliphatic carbocycles. The Bertz CT molecular complexity index is 816. The van der Waals surface area contributed by atoms with Crippen molar-refractivity contribution in [3.8, 4) is 11.5 Å². The van der Waals surface area contributed by atoms with Crippen molar-refractivity contribution in [3.63, 3.8) is 0 Å². The topological polar surface area (TPSA) is 59.1 Å². The molecule has 2 aliphatic heterocycles. The maximum absolute atomic E-state index is 12.8. The van der Waals surface area contributed by atoms with Gasteiger partial charge in [0.25, 0.3) is 5.91 Å². The highest BCUT2D eigenvalue weighted by Gasteiger charge is 2.34. The number of piperidine rings is 1. The summed E-state index contributed by atoms with van der Waals surface area (Å²) in [6.07, 6.45) is 3.76. The van der Waals surface area contributed by atoms with E-state index in [0.29, 0.717) is 26.6 Å². The van der Waals surface area contributed by atoms with Crippen LogP contribution in [0.2, 0.25) is 0 Å². The predicted molar refractivity (Wildman–Crippen MR) is 114 cm³/mol. The second-order valence-electron chi connectivity index (χ2n) is 6.95. The zero-order chi connectivity index (χ0) is 20.3. The van der Waals surface area contributed by atoms with Crippen molar-refractivity contribution in [3.05, 3.63) is 28.7 Å². The fourth-order valence-corrected chi connectivity index (χ4v) is 4.48. The Morgan fingerprint density at radius 2 is 1.93 bits per heavy atom. The van der Waals surface area contributed by atoms with Gasteiger partial charge in [0, 0.05) is 13.1 Å². The number of carbonyl (C=O) groups excluding carboxylic acids is 2. The van der Waals surface area contributed by atoms with Crippen LogP contribution >= 0.6 is 24.0 Å². The van der Waals surface area contributed by atoms with E-state index in [2.05, 4.69) is 6.92 Å². The van der Waals surface area contributed by atoms with Crippen molar-refractivity contribution in [2.75, 3.05) is 33.9 Å². The Balaban J connectivity index is 1.71. The maximum atomic E-state index is 12.8. The number of rotatable bonds is 5. The van der Waals surface area contributed by atoms with Crippen molar-refractivity contribution < 1.29 is 19.1 Å². The Morgan fingerprint density at radius 3 is 2.57 bits per heavy atom. The number of thiocarbonyl (C=S) groups is 1. The fraction of sp³-hybridized carbons (Fsp3) is 0.450. The van der Waals surface area contributed by atoms with Gasteiger partial charge in [0.1, 0.15) is 10.9 Å². The highest BCUT2D eigenvalue weighted by Crippen LogP contribution is 2.34. The number of hydrogen-bond donors (Lipinski definition) is 0. The zero-order valence-corrected chi connectivity index (χ0v) is 17.9. The molecule has 150 valence electrons. The SMILES string of the molecule is COc1ccc(C=C2SC(=S)N(CC(=O)N3CCC(C)CC3)C2=O)cc1OC. The van der Waals surface area contributed by atoms with Crippen LogP contribution in [-0.2, 0) is 9.59 Å². The molecule has 1 aromatic carbocycles. The molecule has 0 spiro atoms. The average molecular weight is 421 g/mol. The van der Waals surface area contributed by atoms with Crippen LogP contribution in [0.15, 0.2) is 23.1 Å². The lowest BCUT2D eigenvalue weighted by atomic mass is 9.99. The van der Waals surface area contributed by atoms with Crippen LogP contribution in [0.4, 0.5) is 0 Å². The molecule has 2 amide bonds. The van der Waals surface area contributed by atoms with E-state index in [1.165, 1.54) is 16.7 Å². The van der Waals surface area contributed by atoms with Gasteiger partial charge < -0.3 is 14.4 Å². The lowest BCUT2D eigenvalue weighted by Gasteiger charge is -2.31. The standard InChI is InChI=1S/C20H24N2O4S2/c1-13-6-8-21(9-7-13)18(23)12-22-19(24)17(28-20(22)27)11-14-4-5-15(25-2)16(10-14)26-3/h4-5,10-11,13H,6-9,12H2,1-3H3. The van der Waals surface area contributed by atoms with E-state index in [4.69, 9.17) is 21.7 Å². The smallest absolute Gasteiger partial charge is 0.266 e. The summed E-state index contributed by atoms with van der Waals surface area (Å²) in [6.45, 7) is 3.69. The Labute approximate surface area is 174 Å². The molecule has 2 fully saturated rings. The van der Waals surface area contributed by atoms with Crippen LogP contribution < -0.4 is 9.47 Å². The summed E-state index contributed by atoms with van der Waals surface area (Å²) < 4.78 is 11.0. The summed E-state index contributed by atoms with van der Waals surface area (Å²) in [5, 5.41) is 0. The van der Waals surface area contributed by atoms with Gasteiger partial charge in [-0.25, -0.2) is 0 Å². The second kappa shape index (κ2) is 8.96. The second-order valence-corrected chi connectivity index (χ2v) is 8.62.